The first-order valence-electron chi connectivity index (χ1n) is 3.95. The van der Waals surface area contributed by atoms with Crippen molar-refractivity contribution in [2.75, 3.05) is 13.1 Å². The second kappa shape index (κ2) is 4.06. The molecule has 0 aromatic carbocycles. The van der Waals surface area contributed by atoms with Crippen LogP contribution in [0.15, 0.2) is 0 Å². The Bertz CT molecular complexity index is 193. The molecule has 1 amide bonds. The maximum absolute atomic E-state index is 10.9. The Hall–Kier alpha value is -1.10. The van der Waals surface area contributed by atoms with Gasteiger partial charge in [-0.1, -0.05) is 0 Å². The predicted molar refractivity (Wildman–Crippen MR) is 40.7 cm³/mol. The van der Waals surface area contributed by atoms with Crippen LogP contribution in [0.25, 0.3) is 0 Å². The third kappa shape index (κ3) is 2.20. The highest BCUT2D eigenvalue weighted by Crippen LogP contribution is 2.09. The normalized spacial score (nSPS) is 15.8. The summed E-state index contributed by atoms with van der Waals surface area (Å²) < 4.78 is 0. The van der Waals surface area contributed by atoms with E-state index in [0.29, 0.717) is 25.9 Å². The van der Waals surface area contributed by atoms with Crippen molar-refractivity contribution in [1.29, 1.82) is 0 Å². The van der Waals surface area contributed by atoms with E-state index in [-0.39, 0.29) is 18.3 Å². The van der Waals surface area contributed by atoms with Crippen molar-refractivity contribution in [3.63, 3.8) is 0 Å². The lowest BCUT2D eigenvalue weighted by molar-refractivity contribution is -0.212. The summed E-state index contributed by atoms with van der Waals surface area (Å²) in [6.45, 7) is 0.982. The van der Waals surface area contributed by atoms with E-state index >= 15 is 0 Å². The van der Waals surface area contributed by atoms with Crippen molar-refractivity contribution in [1.82, 2.24) is 5.06 Å². The van der Waals surface area contributed by atoms with Gasteiger partial charge in [0.15, 0.2) is 0 Å². The van der Waals surface area contributed by atoms with Crippen molar-refractivity contribution in [3.05, 3.63) is 0 Å². The van der Waals surface area contributed by atoms with E-state index in [4.69, 9.17) is 5.73 Å². The van der Waals surface area contributed by atoms with Gasteiger partial charge in [-0.2, -0.15) is 5.06 Å². The first-order chi connectivity index (χ1) is 5.74. The minimum Gasteiger partial charge on any atom is -0.338 e. The standard InChI is InChI=1S/C7H12N2O3/c8-4-1-2-7(11)12-9-5-3-6(9)10/h1-5,8H2. The maximum Gasteiger partial charge on any atom is 0.332 e. The van der Waals surface area contributed by atoms with E-state index in [1.54, 1.807) is 0 Å². The fourth-order valence-corrected chi connectivity index (χ4v) is 0.806. The van der Waals surface area contributed by atoms with Gasteiger partial charge in [-0.25, -0.2) is 4.79 Å². The first-order valence-corrected chi connectivity index (χ1v) is 3.95. The fourth-order valence-electron chi connectivity index (χ4n) is 0.806. The van der Waals surface area contributed by atoms with Crippen LogP contribution in [0.4, 0.5) is 0 Å². The second-order valence-corrected chi connectivity index (χ2v) is 2.60. The molecule has 1 rings (SSSR count). The molecule has 0 bridgehead atoms. The maximum atomic E-state index is 10.9. The molecular formula is C7H12N2O3. The van der Waals surface area contributed by atoms with Crippen molar-refractivity contribution < 1.29 is 14.4 Å². The Kier molecular flexibility index (Phi) is 3.04. The van der Waals surface area contributed by atoms with Crippen LogP contribution in [0.3, 0.4) is 0 Å². The van der Waals surface area contributed by atoms with Crippen LogP contribution in [-0.4, -0.2) is 30.0 Å². The fraction of sp³-hybridized carbons (Fsp3) is 0.714. The number of hydroxylamine groups is 2. The minimum atomic E-state index is -0.381. The number of nitrogens with two attached hydrogens (primary N) is 1. The molecule has 1 heterocycles. The molecule has 1 aliphatic heterocycles. The van der Waals surface area contributed by atoms with Gasteiger partial charge >= 0.3 is 5.97 Å². The zero-order valence-corrected chi connectivity index (χ0v) is 6.78. The molecule has 0 spiro atoms. The van der Waals surface area contributed by atoms with Gasteiger partial charge in [-0.15, -0.1) is 0 Å². The molecular weight excluding hydrogens is 160 g/mol. The van der Waals surface area contributed by atoms with Gasteiger partial charge in [-0.05, 0) is 13.0 Å². The molecule has 12 heavy (non-hydrogen) atoms. The van der Waals surface area contributed by atoms with Gasteiger partial charge in [0.25, 0.3) is 5.91 Å². The minimum absolute atomic E-state index is 0.129. The zero-order chi connectivity index (χ0) is 8.97. The smallest absolute Gasteiger partial charge is 0.332 e. The summed E-state index contributed by atoms with van der Waals surface area (Å²) >= 11 is 0. The summed E-state index contributed by atoms with van der Waals surface area (Å²) in [5.41, 5.74) is 5.19. The van der Waals surface area contributed by atoms with E-state index in [0.717, 1.165) is 5.06 Å². The molecule has 0 atom stereocenters. The van der Waals surface area contributed by atoms with Crippen LogP contribution < -0.4 is 5.73 Å². The van der Waals surface area contributed by atoms with E-state index in [1.165, 1.54) is 0 Å². The molecule has 0 saturated carbocycles. The van der Waals surface area contributed by atoms with E-state index in [1.807, 2.05) is 0 Å². The van der Waals surface area contributed by atoms with Gasteiger partial charge in [0.1, 0.15) is 0 Å². The van der Waals surface area contributed by atoms with Crippen LogP contribution in [-0.2, 0) is 14.4 Å². The molecule has 1 fully saturated rings. The van der Waals surface area contributed by atoms with Crippen LogP contribution in [0, 0.1) is 0 Å². The summed E-state index contributed by atoms with van der Waals surface area (Å²) in [7, 11) is 0. The average molecular weight is 172 g/mol. The number of rotatable bonds is 4. The first kappa shape index (κ1) is 8.99. The van der Waals surface area contributed by atoms with Crippen molar-refractivity contribution in [3.8, 4) is 0 Å². The number of hydrogen-bond donors (Lipinski definition) is 1. The number of nitrogens with zero attached hydrogens (tertiary/aromatic N) is 1. The summed E-state index contributed by atoms with van der Waals surface area (Å²) in [4.78, 5) is 26.2. The quantitative estimate of drug-likeness (QED) is 0.575. The van der Waals surface area contributed by atoms with E-state index in [9.17, 15) is 9.59 Å². The SMILES string of the molecule is NCCCC(=O)ON1CCC1=O. The van der Waals surface area contributed by atoms with Crippen LogP contribution >= 0.6 is 0 Å². The third-order valence-electron chi connectivity index (χ3n) is 1.60. The van der Waals surface area contributed by atoms with E-state index < -0.39 is 0 Å². The van der Waals surface area contributed by atoms with Gasteiger partial charge < -0.3 is 10.6 Å². The van der Waals surface area contributed by atoms with Gasteiger partial charge in [0.05, 0.1) is 13.0 Å². The summed E-state index contributed by atoms with van der Waals surface area (Å²) in [6, 6.07) is 0. The monoisotopic (exact) mass is 172 g/mol. The molecule has 0 aromatic rings. The lowest BCUT2D eigenvalue weighted by atomic mass is 10.3. The van der Waals surface area contributed by atoms with Crippen molar-refractivity contribution in [2.24, 2.45) is 5.73 Å². The number of carbonyl (C=O) groups excluding carboxylic acids is 2. The lowest BCUT2D eigenvalue weighted by Crippen LogP contribution is -2.44. The predicted octanol–water partition coefficient (Wildman–Crippen LogP) is -0.584. The Morgan fingerprint density at radius 1 is 1.67 bits per heavy atom. The summed E-state index contributed by atoms with van der Waals surface area (Å²) in [5, 5.41) is 1.08. The van der Waals surface area contributed by atoms with Crippen molar-refractivity contribution in [2.45, 2.75) is 19.3 Å². The van der Waals surface area contributed by atoms with E-state index in [2.05, 4.69) is 4.84 Å². The highest BCUT2D eigenvalue weighted by atomic mass is 16.7. The molecule has 0 aliphatic carbocycles. The lowest BCUT2D eigenvalue weighted by Gasteiger charge is -2.27. The molecule has 1 aliphatic rings. The van der Waals surface area contributed by atoms with Crippen LogP contribution in [0.1, 0.15) is 19.3 Å². The number of hydrogen-bond acceptors (Lipinski definition) is 4. The average Bonchev–Trinajstić information content (AvgIpc) is 2.08. The summed E-state index contributed by atoms with van der Waals surface area (Å²) in [5.74, 6) is -0.510. The van der Waals surface area contributed by atoms with Crippen LogP contribution in [0.2, 0.25) is 0 Å². The largest absolute Gasteiger partial charge is 0.338 e. The van der Waals surface area contributed by atoms with Gasteiger partial charge in [0, 0.05) is 6.42 Å². The summed E-state index contributed by atoms with van der Waals surface area (Å²) in [6.07, 6.45) is 1.35. The molecule has 5 nitrogen and oxygen atoms in total. The van der Waals surface area contributed by atoms with Gasteiger partial charge in [-0.3, -0.25) is 4.79 Å². The number of carbonyl (C=O) groups is 2. The Labute approximate surface area is 70.4 Å². The molecule has 0 radical (unpaired) electrons. The number of amides is 1. The highest BCUT2D eigenvalue weighted by molar-refractivity contribution is 5.82. The zero-order valence-electron chi connectivity index (χ0n) is 6.78. The Balaban J connectivity index is 2.13. The Morgan fingerprint density at radius 3 is 2.83 bits per heavy atom. The number of β-lactam (4-membered cyclic amide) rings is 1. The van der Waals surface area contributed by atoms with Crippen molar-refractivity contribution >= 4 is 11.9 Å². The highest BCUT2D eigenvalue weighted by Gasteiger charge is 2.27. The molecule has 5 heteroatoms. The molecule has 0 unspecified atom stereocenters. The molecule has 0 aromatic heterocycles. The topological polar surface area (TPSA) is 72.6 Å². The Morgan fingerprint density at radius 2 is 2.42 bits per heavy atom. The molecule has 2 N–H and O–H groups in total. The van der Waals surface area contributed by atoms with Crippen LogP contribution in [0.5, 0.6) is 0 Å². The van der Waals surface area contributed by atoms with Gasteiger partial charge in [0.2, 0.25) is 0 Å². The molecule has 1 saturated heterocycles. The second-order valence-electron chi connectivity index (χ2n) is 2.60. The third-order valence-corrected chi connectivity index (χ3v) is 1.60. The molecule has 68 valence electrons.